The van der Waals surface area contributed by atoms with Crippen molar-refractivity contribution in [2.45, 2.75) is 65.3 Å². The van der Waals surface area contributed by atoms with Crippen molar-refractivity contribution in [2.24, 2.45) is 10.9 Å². The van der Waals surface area contributed by atoms with E-state index in [1.54, 1.807) is 7.05 Å². The predicted octanol–water partition coefficient (Wildman–Crippen LogP) is 3.82. The normalized spacial score (nSPS) is 17.0. The first-order valence-electron chi connectivity index (χ1n) is 9.66. The van der Waals surface area contributed by atoms with Crippen molar-refractivity contribution in [3.8, 4) is 0 Å². The number of nitrogens with one attached hydrogen (secondary N) is 2. The van der Waals surface area contributed by atoms with Crippen molar-refractivity contribution in [1.29, 1.82) is 0 Å². The Bertz CT molecular complexity index is 609. The standard InChI is InChI=1S/C19H32N4O2S/c1-5-25-18(24)16-13(2)22-17(26-16)14(3)23-19(20-4)21-12-11-15-9-7-6-8-10-15/h14-15H,5-12H2,1-4H3,(H2,20,21,23). The molecule has 0 radical (unpaired) electrons. The highest BCUT2D eigenvalue weighted by Crippen LogP contribution is 2.26. The van der Waals surface area contributed by atoms with E-state index >= 15 is 0 Å². The molecule has 1 aliphatic rings. The highest BCUT2D eigenvalue weighted by molar-refractivity contribution is 7.13. The fourth-order valence-corrected chi connectivity index (χ4v) is 4.28. The molecule has 0 spiro atoms. The van der Waals surface area contributed by atoms with Gasteiger partial charge in [-0.3, -0.25) is 4.99 Å². The van der Waals surface area contributed by atoms with Gasteiger partial charge in [-0.1, -0.05) is 32.1 Å². The van der Waals surface area contributed by atoms with Gasteiger partial charge in [-0.2, -0.15) is 0 Å². The quantitative estimate of drug-likeness (QED) is 0.427. The van der Waals surface area contributed by atoms with Gasteiger partial charge in [0.05, 0.1) is 18.3 Å². The van der Waals surface area contributed by atoms with Crippen LogP contribution in [0.3, 0.4) is 0 Å². The summed E-state index contributed by atoms with van der Waals surface area (Å²) >= 11 is 1.38. The zero-order chi connectivity index (χ0) is 18.9. The molecule has 1 saturated carbocycles. The smallest absolute Gasteiger partial charge is 0.350 e. The minimum atomic E-state index is -0.295. The third-order valence-corrected chi connectivity index (χ3v) is 6.11. The Labute approximate surface area is 160 Å². The van der Waals surface area contributed by atoms with E-state index in [0.29, 0.717) is 11.5 Å². The summed E-state index contributed by atoms with van der Waals surface area (Å²) in [5.41, 5.74) is 0.720. The molecule has 0 aliphatic heterocycles. The number of guanidine groups is 1. The van der Waals surface area contributed by atoms with Gasteiger partial charge in [-0.25, -0.2) is 9.78 Å². The van der Waals surface area contributed by atoms with Crippen LogP contribution in [0.4, 0.5) is 0 Å². The van der Waals surface area contributed by atoms with Crippen LogP contribution in [-0.2, 0) is 4.74 Å². The molecule has 1 atom stereocenters. The van der Waals surface area contributed by atoms with Crippen molar-refractivity contribution in [1.82, 2.24) is 15.6 Å². The van der Waals surface area contributed by atoms with Crippen molar-refractivity contribution >= 4 is 23.3 Å². The molecule has 1 aliphatic carbocycles. The summed E-state index contributed by atoms with van der Waals surface area (Å²) in [5.74, 6) is 1.33. The molecule has 2 N–H and O–H groups in total. The summed E-state index contributed by atoms with van der Waals surface area (Å²) in [6.45, 7) is 6.98. The average Bonchev–Trinajstić information content (AvgIpc) is 3.04. The fraction of sp³-hybridized carbons (Fsp3) is 0.737. The molecule has 1 aromatic rings. The van der Waals surface area contributed by atoms with Gasteiger partial charge in [0.1, 0.15) is 9.88 Å². The van der Waals surface area contributed by atoms with Crippen LogP contribution in [0.5, 0.6) is 0 Å². The van der Waals surface area contributed by atoms with Gasteiger partial charge in [-0.05, 0) is 33.1 Å². The molecule has 0 saturated heterocycles. The number of aliphatic imine (C=N–C) groups is 1. The Morgan fingerprint density at radius 2 is 2.12 bits per heavy atom. The molecule has 6 nitrogen and oxygen atoms in total. The maximum Gasteiger partial charge on any atom is 0.350 e. The number of carbonyl (C=O) groups is 1. The molecule has 146 valence electrons. The van der Waals surface area contributed by atoms with E-state index < -0.39 is 0 Å². The van der Waals surface area contributed by atoms with E-state index in [4.69, 9.17) is 4.74 Å². The molecule has 1 heterocycles. The van der Waals surface area contributed by atoms with Crippen LogP contribution >= 0.6 is 11.3 Å². The summed E-state index contributed by atoms with van der Waals surface area (Å²) in [5, 5.41) is 7.63. The second-order valence-electron chi connectivity index (χ2n) is 6.84. The minimum Gasteiger partial charge on any atom is -0.462 e. The Morgan fingerprint density at radius 3 is 2.77 bits per heavy atom. The number of nitrogens with zero attached hydrogens (tertiary/aromatic N) is 2. The van der Waals surface area contributed by atoms with Gasteiger partial charge in [0.15, 0.2) is 5.96 Å². The van der Waals surface area contributed by atoms with Gasteiger partial charge in [0.25, 0.3) is 0 Å². The molecule has 26 heavy (non-hydrogen) atoms. The zero-order valence-corrected chi connectivity index (χ0v) is 17.2. The number of hydrogen-bond acceptors (Lipinski definition) is 5. The highest BCUT2D eigenvalue weighted by atomic mass is 32.1. The van der Waals surface area contributed by atoms with Crippen molar-refractivity contribution in [2.75, 3.05) is 20.2 Å². The fourth-order valence-electron chi connectivity index (χ4n) is 3.32. The number of carbonyl (C=O) groups excluding carboxylic acids is 1. The van der Waals surface area contributed by atoms with Crippen LogP contribution in [0.25, 0.3) is 0 Å². The first-order valence-corrected chi connectivity index (χ1v) is 10.5. The predicted molar refractivity (Wildman–Crippen MR) is 107 cm³/mol. The second-order valence-corrected chi connectivity index (χ2v) is 7.88. The summed E-state index contributed by atoms with van der Waals surface area (Å²) in [6, 6.07) is -0.0252. The van der Waals surface area contributed by atoms with Gasteiger partial charge in [0, 0.05) is 13.6 Å². The lowest BCUT2D eigenvalue weighted by Gasteiger charge is -2.22. The maximum absolute atomic E-state index is 12.0. The lowest BCUT2D eigenvalue weighted by Crippen LogP contribution is -2.39. The molecule has 1 aromatic heterocycles. The monoisotopic (exact) mass is 380 g/mol. The number of esters is 1. The van der Waals surface area contributed by atoms with Gasteiger partial charge < -0.3 is 15.4 Å². The van der Waals surface area contributed by atoms with Crippen molar-refractivity contribution < 1.29 is 9.53 Å². The maximum atomic E-state index is 12.0. The first-order chi connectivity index (χ1) is 12.5. The average molecular weight is 381 g/mol. The van der Waals surface area contributed by atoms with Crippen molar-refractivity contribution in [3.63, 3.8) is 0 Å². The molecule has 1 fully saturated rings. The largest absolute Gasteiger partial charge is 0.462 e. The van der Waals surface area contributed by atoms with E-state index in [9.17, 15) is 4.79 Å². The number of aromatic nitrogens is 1. The first kappa shape index (κ1) is 20.7. The van der Waals surface area contributed by atoms with Crippen LogP contribution in [0.2, 0.25) is 0 Å². The van der Waals surface area contributed by atoms with Crippen LogP contribution in [0, 0.1) is 12.8 Å². The van der Waals surface area contributed by atoms with Gasteiger partial charge in [0.2, 0.25) is 0 Å². The van der Waals surface area contributed by atoms with Gasteiger partial charge in [-0.15, -0.1) is 11.3 Å². The van der Waals surface area contributed by atoms with Crippen LogP contribution in [0.15, 0.2) is 4.99 Å². The van der Waals surface area contributed by atoms with Gasteiger partial charge >= 0.3 is 5.97 Å². The number of aryl methyl sites for hydroxylation is 1. The number of rotatable bonds is 7. The second kappa shape index (κ2) is 10.5. The molecule has 0 aromatic carbocycles. The molecule has 0 amide bonds. The van der Waals surface area contributed by atoms with E-state index in [1.165, 1.54) is 49.9 Å². The molecular formula is C19H32N4O2S. The van der Waals surface area contributed by atoms with Crippen LogP contribution in [0.1, 0.15) is 78.8 Å². The third kappa shape index (κ3) is 5.97. The van der Waals surface area contributed by atoms with E-state index in [-0.39, 0.29) is 12.0 Å². The Hall–Kier alpha value is -1.63. The lowest BCUT2D eigenvalue weighted by atomic mass is 9.87. The molecule has 1 unspecified atom stereocenters. The Kier molecular flexibility index (Phi) is 8.35. The summed E-state index contributed by atoms with van der Waals surface area (Å²) in [6.07, 6.45) is 8.06. The number of thiazole rings is 1. The summed E-state index contributed by atoms with van der Waals surface area (Å²) < 4.78 is 5.09. The zero-order valence-electron chi connectivity index (χ0n) is 16.4. The lowest BCUT2D eigenvalue weighted by molar-refractivity contribution is 0.0531. The van der Waals surface area contributed by atoms with Crippen molar-refractivity contribution in [3.05, 3.63) is 15.6 Å². The third-order valence-electron chi connectivity index (χ3n) is 4.79. The van der Waals surface area contributed by atoms with E-state index in [1.807, 2.05) is 20.8 Å². The Balaban J connectivity index is 1.85. The summed E-state index contributed by atoms with van der Waals surface area (Å²) in [7, 11) is 1.78. The molecular weight excluding hydrogens is 348 g/mol. The number of hydrogen-bond donors (Lipinski definition) is 2. The van der Waals surface area contributed by atoms with Crippen LogP contribution in [-0.4, -0.2) is 37.1 Å². The Morgan fingerprint density at radius 1 is 1.38 bits per heavy atom. The minimum absolute atomic E-state index is 0.0252. The topological polar surface area (TPSA) is 75.6 Å². The number of ether oxygens (including phenoxy) is 1. The molecule has 0 bridgehead atoms. The molecule has 2 rings (SSSR count). The summed E-state index contributed by atoms with van der Waals surface area (Å²) in [4.78, 5) is 21.4. The van der Waals surface area contributed by atoms with E-state index in [2.05, 4.69) is 20.6 Å². The van der Waals surface area contributed by atoms with E-state index in [0.717, 1.165) is 29.1 Å². The SMILES string of the molecule is CCOC(=O)c1sc(C(C)NC(=NC)NCCC2CCCCC2)nc1C. The molecule has 7 heteroatoms. The highest BCUT2D eigenvalue weighted by Gasteiger charge is 2.20. The van der Waals surface area contributed by atoms with Crippen LogP contribution < -0.4 is 10.6 Å².